The Labute approximate surface area is 175 Å². The molecular formula is C19H22Cl2N2O4S. The summed E-state index contributed by atoms with van der Waals surface area (Å²) in [7, 11) is -2.48. The molecule has 2 aromatic rings. The summed E-state index contributed by atoms with van der Waals surface area (Å²) in [6.07, 6.45) is 0. The van der Waals surface area contributed by atoms with Gasteiger partial charge in [0.05, 0.1) is 27.2 Å². The summed E-state index contributed by atoms with van der Waals surface area (Å²) in [6, 6.07) is 10.5. The van der Waals surface area contributed by atoms with E-state index in [0.717, 1.165) is 9.87 Å². The normalized spacial score (nSPS) is 12.5. The second kappa shape index (κ2) is 9.60. The molecule has 6 nitrogen and oxygen atoms in total. The van der Waals surface area contributed by atoms with Crippen LogP contribution in [-0.4, -0.2) is 40.6 Å². The molecule has 0 unspecified atom stereocenters. The zero-order valence-corrected chi connectivity index (χ0v) is 18.1. The number of hydrogen-bond acceptors (Lipinski definition) is 4. The average molecular weight is 445 g/mol. The molecule has 0 aliphatic rings. The second-order valence-electron chi connectivity index (χ2n) is 6.35. The number of rotatable bonds is 8. The topological polar surface area (TPSA) is 75.7 Å². The van der Waals surface area contributed by atoms with Gasteiger partial charge in [-0.3, -0.25) is 9.10 Å². The van der Waals surface area contributed by atoms with Gasteiger partial charge in [-0.25, -0.2) is 8.42 Å². The zero-order valence-electron chi connectivity index (χ0n) is 15.8. The van der Waals surface area contributed by atoms with Crippen molar-refractivity contribution in [2.75, 3.05) is 24.6 Å². The van der Waals surface area contributed by atoms with Crippen molar-refractivity contribution in [3.8, 4) is 0 Å². The molecule has 152 valence electrons. The molecule has 1 N–H and O–H groups in total. The summed E-state index contributed by atoms with van der Waals surface area (Å²) < 4.78 is 32.5. The molecule has 0 fully saturated rings. The third-order valence-corrected chi connectivity index (χ3v) is 6.44. The van der Waals surface area contributed by atoms with E-state index in [4.69, 9.17) is 27.9 Å². The fourth-order valence-electron chi connectivity index (χ4n) is 2.54. The number of sulfonamides is 1. The van der Waals surface area contributed by atoms with E-state index in [2.05, 4.69) is 5.32 Å². The number of hydrogen-bond donors (Lipinski definition) is 1. The molecule has 0 aliphatic heterocycles. The maximum Gasteiger partial charge on any atom is 0.264 e. The Morgan fingerprint density at radius 2 is 1.79 bits per heavy atom. The van der Waals surface area contributed by atoms with Crippen LogP contribution in [0.25, 0.3) is 0 Å². The van der Waals surface area contributed by atoms with Crippen molar-refractivity contribution < 1.29 is 17.9 Å². The molecule has 1 atom stereocenters. The van der Waals surface area contributed by atoms with Gasteiger partial charge in [-0.2, -0.15) is 0 Å². The van der Waals surface area contributed by atoms with Gasteiger partial charge < -0.3 is 10.1 Å². The lowest BCUT2D eigenvalue weighted by Gasteiger charge is -2.25. The lowest BCUT2D eigenvalue weighted by atomic mass is 10.2. The minimum atomic E-state index is -4.00. The number of nitrogens with one attached hydrogen (secondary N) is 1. The molecule has 0 heterocycles. The molecule has 0 aliphatic carbocycles. The molecule has 0 bridgehead atoms. The monoisotopic (exact) mass is 444 g/mol. The van der Waals surface area contributed by atoms with E-state index in [1.807, 2.05) is 6.92 Å². The highest BCUT2D eigenvalue weighted by Crippen LogP contribution is 2.30. The second-order valence-corrected chi connectivity index (χ2v) is 9.02. The first-order valence-corrected chi connectivity index (χ1v) is 10.7. The Kier molecular flexibility index (Phi) is 7.71. The van der Waals surface area contributed by atoms with E-state index in [1.165, 1.54) is 37.4 Å². The zero-order chi connectivity index (χ0) is 20.9. The van der Waals surface area contributed by atoms with E-state index in [1.54, 1.807) is 19.1 Å². The van der Waals surface area contributed by atoms with Crippen LogP contribution in [0.15, 0.2) is 47.4 Å². The summed E-state index contributed by atoms with van der Waals surface area (Å²) in [5.74, 6) is -0.466. The third kappa shape index (κ3) is 5.61. The van der Waals surface area contributed by atoms with Crippen molar-refractivity contribution in [2.24, 2.45) is 0 Å². The van der Waals surface area contributed by atoms with Crippen LogP contribution in [0.2, 0.25) is 10.0 Å². The number of carbonyl (C=O) groups excluding carboxylic acids is 1. The molecular weight excluding hydrogens is 423 g/mol. The number of methoxy groups -OCH3 is 1. The van der Waals surface area contributed by atoms with Crippen molar-refractivity contribution in [3.63, 3.8) is 0 Å². The van der Waals surface area contributed by atoms with Gasteiger partial charge in [0.2, 0.25) is 5.91 Å². The summed E-state index contributed by atoms with van der Waals surface area (Å²) in [5.41, 5.74) is 1.16. The Hall–Kier alpha value is -1.80. The molecule has 28 heavy (non-hydrogen) atoms. The molecule has 0 aromatic heterocycles. The van der Waals surface area contributed by atoms with Crippen molar-refractivity contribution in [1.29, 1.82) is 0 Å². The van der Waals surface area contributed by atoms with Gasteiger partial charge in [-0.05, 0) is 44.2 Å². The van der Waals surface area contributed by atoms with E-state index >= 15 is 0 Å². The maximum atomic E-state index is 13.2. The van der Waals surface area contributed by atoms with Gasteiger partial charge in [-0.15, -0.1) is 0 Å². The minimum absolute atomic E-state index is 0.0712. The molecule has 2 rings (SSSR count). The summed E-state index contributed by atoms with van der Waals surface area (Å²) in [5, 5.41) is 3.19. The van der Waals surface area contributed by atoms with Crippen LogP contribution in [0.5, 0.6) is 0 Å². The largest absolute Gasteiger partial charge is 0.383 e. The molecule has 0 spiro atoms. The van der Waals surface area contributed by atoms with Gasteiger partial charge in [0.1, 0.15) is 6.54 Å². The number of halogens is 2. The van der Waals surface area contributed by atoms with Crippen molar-refractivity contribution in [3.05, 3.63) is 58.1 Å². The average Bonchev–Trinajstić information content (AvgIpc) is 2.62. The summed E-state index contributed by atoms with van der Waals surface area (Å²) in [4.78, 5) is 12.5. The minimum Gasteiger partial charge on any atom is -0.383 e. The number of anilines is 1. The van der Waals surface area contributed by atoms with Crippen LogP contribution in [-0.2, 0) is 19.6 Å². The van der Waals surface area contributed by atoms with Gasteiger partial charge in [0.15, 0.2) is 0 Å². The van der Waals surface area contributed by atoms with E-state index in [9.17, 15) is 13.2 Å². The van der Waals surface area contributed by atoms with Crippen LogP contribution in [0, 0.1) is 6.92 Å². The first-order chi connectivity index (χ1) is 13.1. The highest BCUT2D eigenvalue weighted by molar-refractivity contribution is 7.92. The Morgan fingerprint density at radius 1 is 1.14 bits per heavy atom. The maximum absolute atomic E-state index is 13.2. The predicted octanol–water partition coefficient (Wildman–Crippen LogP) is 3.65. The molecule has 1 amide bonds. The molecule has 0 saturated carbocycles. The highest BCUT2D eigenvalue weighted by Gasteiger charge is 2.28. The molecule has 2 aromatic carbocycles. The van der Waals surface area contributed by atoms with E-state index in [-0.39, 0.29) is 26.7 Å². The molecule has 0 saturated heterocycles. The number of carbonyl (C=O) groups is 1. The van der Waals surface area contributed by atoms with Crippen LogP contribution in [0.1, 0.15) is 12.5 Å². The molecule has 9 heteroatoms. The SMILES string of the molecule is COC[C@@H](C)NC(=O)CN(c1ccc(Cl)c(Cl)c1)S(=O)(=O)c1ccc(C)cc1. The standard InChI is InChI=1S/C19H22Cl2N2O4S/c1-13-4-7-16(8-5-13)28(25,26)23(11-19(24)22-14(2)12-27-3)15-6-9-17(20)18(21)10-15/h4-10,14H,11-12H2,1-3H3,(H,22,24)/t14-/m1/s1. The van der Waals surface area contributed by atoms with Crippen LogP contribution < -0.4 is 9.62 Å². The summed E-state index contributed by atoms with van der Waals surface area (Å²) >= 11 is 12.0. The predicted molar refractivity (Wildman–Crippen MR) is 112 cm³/mol. The van der Waals surface area contributed by atoms with Gasteiger partial charge >= 0.3 is 0 Å². The third-order valence-electron chi connectivity index (χ3n) is 3.91. The van der Waals surface area contributed by atoms with Gasteiger partial charge in [0, 0.05) is 13.2 Å². The number of ether oxygens (including phenoxy) is 1. The first-order valence-electron chi connectivity index (χ1n) is 8.48. The molecule has 0 radical (unpaired) electrons. The fourth-order valence-corrected chi connectivity index (χ4v) is 4.24. The first kappa shape index (κ1) is 22.5. The quantitative estimate of drug-likeness (QED) is 0.673. The number of nitrogens with zero attached hydrogens (tertiary/aromatic N) is 1. The Morgan fingerprint density at radius 3 is 2.36 bits per heavy atom. The number of benzene rings is 2. The fraction of sp³-hybridized carbons (Fsp3) is 0.316. The summed E-state index contributed by atoms with van der Waals surface area (Å²) in [6.45, 7) is 3.52. The van der Waals surface area contributed by atoms with Crippen molar-refractivity contribution in [1.82, 2.24) is 5.32 Å². The van der Waals surface area contributed by atoms with Gasteiger partial charge in [0.25, 0.3) is 10.0 Å². The Bertz CT molecular complexity index is 933. The van der Waals surface area contributed by atoms with Crippen molar-refractivity contribution >= 4 is 44.8 Å². The van der Waals surface area contributed by atoms with E-state index in [0.29, 0.717) is 6.61 Å². The van der Waals surface area contributed by atoms with Crippen LogP contribution in [0.3, 0.4) is 0 Å². The smallest absolute Gasteiger partial charge is 0.264 e. The van der Waals surface area contributed by atoms with Crippen LogP contribution >= 0.6 is 23.2 Å². The van der Waals surface area contributed by atoms with Gasteiger partial charge in [-0.1, -0.05) is 40.9 Å². The highest BCUT2D eigenvalue weighted by atomic mass is 35.5. The lowest BCUT2D eigenvalue weighted by Crippen LogP contribution is -2.44. The number of aryl methyl sites for hydroxylation is 1. The van der Waals surface area contributed by atoms with Crippen molar-refractivity contribution in [2.45, 2.75) is 24.8 Å². The lowest BCUT2D eigenvalue weighted by molar-refractivity contribution is -0.120. The van der Waals surface area contributed by atoms with Crippen LogP contribution in [0.4, 0.5) is 5.69 Å². The number of amides is 1. The Balaban J connectivity index is 2.42. The van der Waals surface area contributed by atoms with E-state index < -0.39 is 22.5 Å².